The number of nitrogens with one attached hydrogen (secondary N) is 1. The number of aryl methyl sites for hydroxylation is 2. The maximum atomic E-state index is 12.2. The van der Waals surface area contributed by atoms with Crippen LogP contribution in [-0.4, -0.2) is 15.9 Å². The average molecular weight is 386 g/mol. The lowest BCUT2D eigenvalue weighted by Crippen LogP contribution is -2.15. The molecule has 0 unspecified atom stereocenters. The molecule has 0 spiro atoms. The van der Waals surface area contributed by atoms with Gasteiger partial charge in [-0.3, -0.25) is 4.79 Å². The fourth-order valence-electron chi connectivity index (χ4n) is 2.33. The maximum Gasteiger partial charge on any atom is 0.230 e. The summed E-state index contributed by atoms with van der Waals surface area (Å²) in [5, 5.41) is 2.80. The molecule has 6 heteroatoms. The van der Waals surface area contributed by atoms with Gasteiger partial charge in [-0.05, 0) is 53.5 Å². The largest absolute Gasteiger partial charge is 0.441 e. The average Bonchev–Trinajstić information content (AvgIpc) is 2.90. The van der Waals surface area contributed by atoms with Crippen LogP contribution in [-0.2, 0) is 11.2 Å². The van der Waals surface area contributed by atoms with Gasteiger partial charge in [0.25, 0.3) is 0 Å². The van der Waals surface area contributed by atoms with Gasteiger partial charge in [0, 0.05) is 5.56 Å². The van der Waals surface area contributed by atoms with Crippen LogP contribution in [0.25, 0.3) is 11.5 Å². The molecule has 0 saturated carbocycles. The molecule has 0 bridgehead atoms. The van der Waals surface area contributed by atoms with Crippen LogP contribution in [0.15, 0.2) is 51.6 Å². The third-order valence-corrected chi connectivity index (χ3v) is 4.08. The van der Waals surface area contributed by atoms with Gasteiger partial charge < -0.3 is 9.73 Å². The number of aromatic nitrogens is 2. The Morgan fingerprint density at radius 3 is 2.71 bits per heavy atom. The molecule has 1 aromatic carbocycles. The molecule has 24 heavy (non-hydrogen) atoms. The lowest BCUT2D eigenvalue weighted by Gasteiger charge is -2.03. The summed E-state index contributed by atoms with van der Waals surface area (Å²) in [7, 11) is 0. The van der Waals surface area contributed by atoms with Crippen molar-refractivity contribution in [3.05, 3.63) is 64.2 Å². The Hall–Kier alpha value is -2.47. The molecule has 0 radical (unpaired) electrons. The quantitative estimate of drug-likeness (QED) is 0.679. The number of hydrogen-bond donors (Lipinski definition) is 1. The van der Waals surface area contributed by atoms with Crippen molar-refractivity contribution in [3.63, 3.8) is 0 Å². The number of anilines is 1. The number of benzene rings is 1. The van der Waals surface area contributed by atoms with E-state index in [4.69, 9.17) is 4.42 Å². The first-order chi connectivity index (χ1) is 11.5. The Balaban J connectivity index is 1.75. The predicted octanol–water partition coefficient (Wildman–Crippen LogP) is 4.30. The van der Waals surface area contributed by atoms with Crippen LogP contribution in [0.3, 0.4) is 0 Å². The van der Waals surface area contributed by atoms with Gasteiger partial charge >= 0.3 is 0 Å². The molecular weight excluding hydrogens is 370 g/mol. The Morgan fingerprint density at radius 1 is 1.21 bits per heavy atom. The highest BCUT2D eigenvalue weighted by Crippen LogP contribution is 2.25. The van der Waals surface area contributed by atoms with Gasteiger partial charge in [-0.1, -0.05) is 18.2 Å². The molecule has 3 rings (SSSR count). The van der Waals surface area contributed by atoms with Gasteiger partial charge in [0.05, 0.1) is 24.0 Å². The number of carbonyl (C=O) groups excluding carboxylic acids is 1. The second-order valence-corrected chi connectivity index (χ2v) is 6.24. The van der Waals surface area contributed by atoms with Crippen molar-refractivity contribution in [1.82, 2.24) is 9.97 Å². The first kappa shape index (κ1) is 16.4. The molecule has 5 nitrogen and oxygen atoms in total. The lowest BCUT2D eigenvalue weighted by atomic mass is 10.1. The number of hydrogen-bond acceptors (Lipinski definition) is 4. The van der Waals surface area contributed by atoms with Gasteiger partial charge in [0.2, 0.25) is 11.8 Å². The first-order valence-corrected chi connectivity index (χ1v) is 8.26. The van der Waals surface area contributed by atoms with Crippen molar-refractivity contribution < 1.29 is 9.21 Å². The zero-order chi connectivity index (χ0) is 17.1. The predicted molar refractivity (Wildman–Crippen MR) is 95.7 cm³/mol. The van der Waals surface area contributed by atoms with E-state index >= 15 is 0 Å². The third-order valence-electron chi connectivity index (χ3n) is 3.61. The molecule has 1 amide bonds. The molecule has 1 N–H and O–H groups in total. The summed E-state index contributed by atoms with van der Waals surface area (Å²) in [6.07, 6.45) is 1.74. The molecule has 0 aliphatic carbocycles. The van der Waals surface area contributed by atoms with Gasteiger partial charge in [-0.2, -0.15) is 0 Å². The zero-order valence-electron chi connectivity index (χ0n) is 13.3. The van der Waals surface area contributed by atoms with Crippen LogP contribution in [0.4, 0.5) is 5.69 Å². The molecule has 2 aromatic heterocycles. The van der Waals surface area contributed by atoms with Crippen molar-refractivity contribution >= 4 is 27.5 Å². The van der Waals surface area contributed by atoms with E-state index in [0.29, 0.717) is 23.0 Å². The number of carbonyl (C=O) groups is 1. The van der Waals surface area contributed by atoms with Crippen LogP contribution in [0, 0.1) is 13.8 Å². The smallest absolute Gasteiger partial charge is 0.230 e. The zero-order valence-corrected chi connectivity index (χ0v) is 14.9. The molecule has 0 fully saturated rings. The summed E-state index contributed by atoms with van der Waals surface area (Å²) < 4.78 is 6.46. The van der Waals surface area contributed by atoms with Gasteiger partial charge in [0.15, 0.2) is 0 Å². The molecule has 0 atom stereocenters. The number of rotatable bonds is 4. The summed E-state index contributed by atoms with van der Waals surface area (Å²) in [6, 6.07) is 11.4. The van der Waals surface area contributed by atoms with Gasteiger partial charge in [0.1, 0.15) is 10.4 Å². The maximum absolute atomic E-state index is 12.2. The van der Waals surface area contributed by atoms with E-state index in [1.54, 1.807) is 18.3 Å². The molecular formula is C18H16BrN3O2. The van der Waals surface area contributed by atoms with Crippen molar-refractivity contribution in [2.24, 2.45) is 0 Å². The van der Waals surface area contributed by atoms with E-state index in [1.165, 1.54) is 0 Å². The monoisotopic (exact) mass is 385 g/mol. The van der Waals surface area contributed by atoms with Crippen molar-refractivity contribution in [2.75, 3.05) is 5.32 Å². The minimum Gasteiger partial charge on any atom is -0.441 e. The fourth-order valence-corrected chi connectivity index (χ4v) is 2.56. The van der Waals surface area contributed by atoms with E-state index in [1.807, 2.05) is 38.1 Å². The van der Waals surface area contributed by atoms with Crippen molar-refractivity contribution in [3.8, 4) is 11.5 Å². The summed E-state index contributed by atoms with van der Waals surface area (Å²) >= 11 is 3.26. The van der Waals surface area contributed by atoms with Crippen LogP contribution >= 0.6 is 15.9 Å². The van der Waals surface area contributed by atoms with Crippen LogP contribution in [0.2, 0.25) is 0 Å². The topological polar surface area (TPSA) is 68.0 Å². The van der Waals surface area contributed by atoms with Crippen molar-refractivity contribution in [2.45, 2.75) is 20.3 Å². The van der Waals surface area contributed by atoms with Crippen molar-refractivity contribution in [1.29, 1.82) is 0 Å². The third kappa shape index (κ3) is 3.71. The van der Waals surface area contributed by atoms with Crippen LogP contribution in [0.1, 0.15) is 17.0 Å². The molecule has 2 heterocycles. The number of amides is 1. The minimum absolute atomic E-state index is 0.150. The van der Waals surface area contributed by atoms with Crippen LogP contribution in [0.5, 0.6) is 0 Å². The number of oxazole rings is 1. The number of pyridine rings is 1. The summed E-state index contributed by atoms with van der Waals surface area (Å²) in [6.45, 7) is 3.82. The van der Waals surface area contributed by atoms with E-state index in [0.717, 1.165) is 15.7 Å². The first-order valence-electron chi connectivity index (χ1n) is 7.46. The summed E-state index contributed by atoms with van der Waals surface area (Å²) in [4.78, 5) is 20.8. The Bertz CT molecular complexity index is 872. The van der Waals surface area contributed by atoms with E-state index in [-0.39, 0.29) is 12.3 Å². The number of halogens is 1. The minimum atomic E-state index is -0.160. The van der Waals surface area contributed by atoms with E-state index in [2.05, 4.69) is 31.2 Å². The fraction of sp³-hybridized carbons (Fsp3) is 0.167. The van der Waals surface area contributed by atoms with Crippen LogP contribution < -0.4 is 5.32 Å². The molecule has 3 aromatic rings. The summed E-state index contributed by atoms with van der Waals surface area (Å²) in [5.74, 6) is 1.03. The normalized spacial score (nSPS) is 10.6. The Morgan fingerprint density at radius 2 is 2.00 bits per heavy atom. The lowest BCUT2D eigenvalue weighted by molar-refractivity contribution is -0.115. The Labute approximate surface area is 148 Å². The standard InChI is InChI=1S/C18H16BrN3O2/c1-11-5-3-4-6-14(11)18-22-15(12(2)24-18)9-17(23)21-13-7-8-16(19)20-10-13/h3-8,10H,9H2,1-2H3,(H,21,23). The molecule has 0 saturated heterocycles. The highest BCUT2D eigenvalue weighted by atomic mass is 79.9. The molecule has 122 valence electrons. The highest BCUT2D eigenvalue weighted by molar-refractivity contribution is 9.10. The highest BCUT2D eigenvalue weighted by Gasteiger charge is 2.16. The number of nitrogens with zero attached hydrogens (tertiary/aromatic N) is 2. The molecule has 0 aliphatic rings. The van der Waals surface area contributed by atoms with E-state index in [9.17, 15) is 4.79 Å². The van der Waals surface area contributed by atoms with E-state index < -0.39 is 0 Å². The molecule has 0 aliphatic heterocycles. The Kier molecular flexibility index (Phi) is 4.76. The second-order valence-electron chi connectivity index (χ2n) is 5.43. The summed E-state index contributed by atoms with van der Waals surface area (Å²) in [5.41, 5.74) is 3.29. The van der Waals surface area contributed by atoms with Gasteiger partial charge in [-0.15, -0.1) is 0 Å². The SMILES string of the molecule is Cc1ccccc1-c1nc(CC(=O)Nc2ccc(Br)nc2)c(C)o1. The second kappa shape index (κ2) is 6.97. The van der Waals surface area contributed by atoms with Gasteiger partial charge in [-0.25, -0.2) is 9.97 Å².